The molecule has 1 atom stereocenters. The Labute approximate surface area is 133 Å². The molecule has 0 amide bonds. The van der Waals surface area contributed by atoms with Gasteiger partial charge in [0.15, 0.2) is 0 Å². The number of nitrogens with zero attached hydrogens (tertiary/aromatic N) is 2. The summed E-state index contributed by atoms with van der Waals surface area (Å²) < 4.78 is 3.10. The number of hydrogen-bond acceptors (Lipinski definition) is 2. The molecule has 0 aliphatic carbocycles. The predicted octanol–water partition coefficient (Wildman–Crippen LogP) is 4.41. The molecule has 2 rings (SSSR count). The first-order valence-electron chi connectivity index (χ1n) is 6.87. The Balaban J connectivity index is 2.42. The Kier molecular flexibility index (Phi) is 5.64. The van der Waals surface area contributed by atoms with E-state index in [0.29, 0.717) is 0 Å². The minimum atomic E-state index is 0.112. The molecule has 1 N–H and O–H groups in total. The van der Waals surface area contributed by atoms with Crippen molar-refractivity contribution in [3.05, 3.63) is 51.2 Å². The number of aryl methyl sites for hydroxylation is 1. The Bertz CT molecular complexity index is 551. The second-order valence-electron chi connectivity index (χ2n) is 4.64. The quantitative estimate of drug-likeness (QED) is 0.831. The van der Waals surface area contributed by atoms with Crippen LogP contribution in [0.2, 0.25) is 5.02 Å². The van der Waals surface area contributed by atoms with Gasteiger partial charge in [-0.15, -0.1) is 0 Å². The van der Waals surface area contributed by atoms with Crippen molar-refractivity contribution in [3.63, 3.8) is 0 Å². The van der Waals surface area contributed by atoms with E-state index in [-0.39, 0.29) is 6.04 Å². The van der Waals surface area contributed by atoms with Crippen molar-refractivity contribution < 1.29 is 0 Å². The lowest BCUT2D eigenvalue weighted by molar-refractivity contribution is 0.519. The summed E-state index contributed by atoms with van der Waals surface area (Å²) in [4.78, 5) is 0. The third-order valence-corrected chi connectivity index (χ3v) is 4.02. The van der Waals surface area contributed by atoms with E-state index in [9.17, 15) is 0 Å². The fraction of sp³-hybridized carbons (Fsp3) is 0.400. The van der Waals surface area contributed by atoms with Crippen molar-refractivity contribution in [1.29, 1.82) is 0 Å². The highest BCUT2D eigenvalue weighted by Gasteiger charge is 2.20. The fourth-order valence-corrected chi connectivity index (χ4v) is 2.93. The maximum absolute atomic E-state index is 5.98. The number of halogens is 2. The molecule has 0 spiro atoms. The molecule has 2 aromatic rings. The minimum absolute atomic E-state index is 0.112. The first-order valence-corrected chi connectivity index (χ1v) is 8.04. The van der Waals surface area contributed by atoms with Crippen LogP contribution in [0.1, 0.15) is 37.6 Å². The SMILES string of the molecule is CCCn1ncc(Br)c1C(NCC)c1ccc(Cl)cc1. The number of hydrogen-bond donors (Lipinski definition) is 1. The second kappa shape index (κ2) is 7.25. The molecule has 0 radical (unpaired) electrons. The van der Waals surface area contributed by atoms with Crippen LogP contribution in [-0.2, 0) is 6.54 Å². The Morgan fingerprint density at radius 3 is 2.60 bits per heavy atom. The standard InChI is InChI=1S/C15H19BrClN3/c1-3-9-20-15(13(16)10-19-20)14(18-4-2)11-5-7-12(17)8-6-11/h5-8,10,14,18H,3-4,9H2,1-2H3. The Morgan fingerprint density at radius 2 is 2.00 bits per heavy atom. The summed E-state index contributed by atoms with van der Waals surface area (Å²) in [7, 11) is 0. The highest BCUT2D eigenvalue weighted by molar-refractivity contribution is 9.10. The van der Waals surface area contributed by atoms with E-state index in [1.807, 2.05) is 18.3 Å². The van der Waals surface area contributed by atoms with Crippen LogP contribution in [-0.4, -0.2) is 16.3 Å². The summed E-state index contributed by atoms with van der Waals surface area (Å²) in [5, 5.41) is 8.74. The third-order valence-electron chi connectivity index (χ3n) is 3.15. The lowest BCUT2D eigenvalue weighted by Gasteiger charge is -2.20. The van der Waals surface area contributed by atoms with Gasteiger partial charge in [0.1, 0.15) is 0 Å². The zero-order valence-corrected chi connectivity index (χ0v) is 14.1. The van der Waals surface area contributed by atoms with E-state index < -0.39 is 0 Å². The van der Waals surface area contributed by atoms with Gasteiger partial charge in [0, 0.05) is 11.6 Å². The van der Waals surface area contributed by atoms with Crippen LogP contribution in [0.25, 0.3) is 0 Å². The first kappa shape index (κ1) is 15.5. The van der Waals surface area contributed by atoms with Crippen LogP contribution in [0.3, 0.4) is 0 Å². The topological polar surface area (TPSA) is 29.9 Å². The summed E-state index contributed by atoms with van der Waals surface area (Å²) >= 11 is 9.60. The van der Waals surface area contributed by atoms with E-state index in [4.69, 9.17) is 11.6 Å². The van der Waals surface area contributed by atoms with Crippen LogP contribution in [0.4, 0.5) is 0 Å². The van der Waals surface area contributed by atoms with Crippen LogP contribution >= 0.6 is 27.5 Å². The molecular formula is C15H19BrClN3. The number of rotatable bonds is 6. The Hall–Kier alpha value is -0.840. The van der Waals surface area contributed by atoms with Gasteiger partial charge in [0.25, 0.3) is 0 Å². The molecule has 1 aromatic heterocycles. The van der Waals surface area contributed by atoms with Gasteiger partial charge in [-0.2, -0.15) is 5.10 Å². The predicted molar refractivity (Wildman–Crippen MR) is 87.2 cm³/mol. The molecule has 108 valence electrons. The van der Waals surface area contributed by atoms with Crippen molar-refractivity contribution in [2.45, 2.75) is 32.9 Å². The van der Waals surface area contributed by atoms with E-state index in [0.717, 1.165) is 34.7 Å². The summed E-state index contributed by atoms with van der Waals surface area (Å²) in [6.07, 6.45) is 2.92. The monoisotopic (exact) mass is 355 g/mol. The summed E-state index contributed by atoms with van der Waals surface area (Å²) in [6.45, 7) is 6.06. The van der Waals surface area contributed by atoms with E-state index in [1.165, 1.54) is 5.56 Å². The highest BCUT2D eigenvalue weighted by Crippen LogP contribution is 2.29. The van der Waals surface area contributed by atoms with Crippen LogP contribution < -0.4 is 5.32 Å². The highest BCUT2D eigenvalue weighted by atomic mass is 79.9. The van der Waals surface area contributed by atoms with Crippen molar-refractivity contribution in [1.82, 2.24) is 15.1 Å². The molecule has 0 saturated carbocycles. The van der Waals surface area contributed by atoms with Gasteiger partial charge < -0.3 is 5.32 Å². The normalized spacial score (nSPS) is 12.6. The zero-order valence-electron chi connectivity index (χ0n) is 11.7. The molecule has 0 aliphatic rings. The van der Waals surface area contributed by atoms with E-state index in [2.05, 4.69) is 57.0 Å². The summed E-state index contributed by atoms with van der Waals surface area (Å²) in [5.41, 5.74) is 2.35. The molecule has 0 bridgehead atoms. The van der Waals surface area contributed by atoms with Gasteiger partial charge in [-0.05, 0) is 46.6 Å². The lowest BCUT2D eigenvalue weighted by atomic mass is 10.0. The molecule has 0 aliphatic heterocycles. The smallest absolute Gasteiger partial charge is 0.0759 e. The molecule has 20 heavy (non-hydrogen) atoms. The molecule has 1 aromatic carbocycles. The number of nitrogens with one attached hydrogen (secondary N) is 1. The molecule has 1 unspecified atom stereocenters. The van der Waals surface area contributed by atoms with Crippen molar-refractivity contribution in [2.75, 3.05) is 6.54 Å². The zero-order chi connectivity index (χ0) is 14.5. The van der Waals surface area contributed by atoms with Gasteiger partial charge in [0.2, 0.25) is 0 Å². The number of benzene rings is 1. The molecule has 1 heterocycles. The van der Waals surface area contributed by atoms with Crippen LogP contribution in [0, 0.1) is 0 Å². The second-order valence-corrected chi connectivity index (χ2v) is 5.93. The third kappa shape index (κ3) is 3.43. The molecule has 3 nitrogen and oxygen atoms in total. The molecule has 5 heteroatoms. The first-order chi connectivity index (χ1) is 9.67. The van der Waals surface area contributed by atoms with Gasteiger partial charge in [-0.25, -0.2) is 0 Å². The van der Waals surface area contributed by atoms with Crippen LogP contribution in [0.5, 0.6) is 0 Å². The minimum Gasteiger partial charge on any atom is -0.305 e. The molecular weight excluding hydrogens is 338 g/mol. The lowest BCUT2D eigenvalue weighted by Crippen LogP contribution is -2.25. The van der Waals surface area contributed by atoms with Gasteiger partial charge >= 0.3 is 0 Å². The average molecular weight is 357 g/mol. The van der Waals surface area contributed by atoms with E-state index >= 15 is 0 Å². The van der Waals surface area contributed by atoms with Gasteiger partial charge in [-0.3, -0.25) is 4.68 Å². The Morgan fingerprint density at radius 1 is 1.30 bits per heavy atom. The summed E-state index contributed by atoms with van der Waals surface area (Å²) in [6, 6.07) is 8.09. The number of aromatic nitrogens is 2. The maximum Gasteiger partial charge on any atom is 0.0759 e. The van der Waals surface area contributed by atoms with E-state index in [1.54, 1.807) is 0 Å². The van der Waals surface area contributed by atoms with Gasteiger partial charge in [0.05, 0.1) is 22.4 Å². The largest absolute Gasteiger partial charge is 0.305 e. The average Bonchev–Trinajstić information content (AvgIpc) is 2.79. The van der Waals surface area contributed by atoms with Crippen molar-refractivity contribution in [3.8, 4) is 0 Å². The molecule has 0 saturated heterocycles. The summed E-state index contributed by atoms with van der Waals surface area (Å²) in [5.74, 6) is 0. The van der Waals surface area contributed by atoms with Crippen molar-refractivity contribution >= 4 is 27.5 Å². The molecule has 0 fully saturated rings. The van der Waals surface area contributed by atoms with Crippen LogP contribution in [0.15, 0.2) is 34.9 Å². The van der Waals surface area contributed by atoms with Gasteiger partial charge in [-0.1, -0.05) is 37.6 Å². The fourth-order valence-electron chi connectivity index (χ4n) is 2.28. The maximum atomic E-state index is 5.98. The van der Waals surface area contributed by atoms with Crippen molar-refractivity contribution in [2.24, 2.45) is 0 Å².